The molecule has 25 heavy (non-hydrogen) atoms. The number of amides is 1. The van der Waals surface area contributed by atoms with Crippen molar-refractivity contribution in [3.05, 3.63) is 48.5 Å². The molecular weight excluding hydrogens is 318 g/mol. The molecule has 0 bridgehead atoms. The smallest absolute Gasteiger partial charge is 0.223 e. The zero-order chi connectivity index (χ0) is 17.1. The third-order valence-corrected chi connectivity index (χ3v) is 4.53. The van der Waals surface area contributed by atoms with E-state index in [0.717, 1.165) is 43.0 Å². The van der Waals surface area contributed by atoms with Crippen LogP contribution in [-0.4, -0.2) is 43.8 Å². The molecule has 0 radical (unpaired) electrons. The van der Waals surface area contributed by atoms with Crippen molar-refractivity contribution in [2.45, 2.75) is 19.4 Å². The normalized spacial score (nSPS) is 15.4. The van der Waals surface area contributed by atoms with Gasteiger partial charge in [-0.15, -0.1) is 15.3 Å². The molecule has 8 nitrogen and oxygen atoms in total. The Kier molecular flexibility index (Phi) is 4.24. The second-order valence-corrected chi connectivity index (χ2v) is 6.17. The summed E-state index contributed by atoms with van der Waals surface area (Å²) in [7, 11) is 0. The first-order valence-electron chi connectivity index (χ1n) is 8.38. The van der Waals surface area contributed by atoms with Crippen LogP contribution in [0, 0.1) is 5.92 Å². The van der Waals surface area contributed by atoms with Crippen LogP contribution >= 0.6 is 0 Å². The van der Waals surface area contributed by atoms with Crippen LogP contribution in [0.25, 0.3) is 5.65 Å². The van der Waals surface area contributed by atoms with Gasteiger partial charge >= 0.3 is 0 Å². The Balaban J connectivity index is 1.32. The highest BCUT2D eigenvalue weighted by atomic mass is 16.1. The number of carbonyl (C=O) groups excluding carboxylic acids is 1. The zero-order valence-electron chi connectivity index (χ0n) is 13.7. The van der Waals surface area contributed by atoms with Crippen LogP contribution in [0.5, 0.6) is 0 Å². The highest BCUT2D eigenvalue weighted by Gasteiger charge is 2.25. The standard InChI is InChI=1S/C17H19N7O/c25-17(19-11-13-2-1-7-18-10-13)14-5-8-23(9-6-14)16-4-3-15-21-20-12-24(15)22-16/h1-4,7,10,12,14H,5-6,8-9,11H2,(H,19,25). The van der Waals surface area contributed by atoms with E-state index in [1.807, 2.05) is 24.3 Å². The predicted octanol–water partition coefficient (Wildman–Crippen LogP) is 1.05. The van der Waals surface area contributed by atoms with Crippen LogP contribution in [0.1, 0.15) is 18.4 Å². The van der Waals surface area contributed by atoms with Gasteiger partial charge in [0.1, 0.15) is 12.1 Å². The highest BCUT2D eigenvalue weighted by molar-refractivity contribution is 5.79. The van der Waals surface area contributed by atoms with E-state index in [1.165, 1.54) is 0 Å². The van der Waals surface area contributed by atoms with Crippen molar-refractivity contribution >= 4 is 17.4 Å². The lowest BCUT2D eigenvalue weighted by Gasteiger charge is -2.32. The molecule has 1 aliphatic heterocycles. The molecule has 0 atom stereocenters. The molecule has 4 heterocycles. The Morgan fingerprint density at radius 2 is 2.12 bits per heavy atom. The van der Waals surface area contributed by atoms with Crippen molar-refractivity contribution in [1.29, 1.82) is 0 Å². The third kappa shape index (κ3) is 3.42. The van der Waals surface area contributed by atoms with Crippen molar-refractivity contribution < 1.29 is 4.79 Å². The summed E-state index contributed by atoms with van der Waals surface area (Å²) in [6.45, 7) is 2.15. The SMILES string of the molecule is O=C(NCc1cccnc1)C1CCN(c2ccc3nncn3n2)CC1. The van der Waals surface area contributed by atoms with Gasteiger partial charge in [-0.1, -0.05) is 6.07 Å². The topological polar surface area (TPSA) is 88.3 Å². The summed E-state index contributed by atoms with van der Waals surface area (Å²) >= 11 is 0. The van der Waals surface area contributed by atoms with E-state index in [1.54, 1.807) is 23.2 Å². The first-order chi connectivity index (χ1) is 12.3. The summed E-state index contributed by atoms with van der Waals surface area (Å²) in [5, 5.41) is 15.3. The molecule has 1 saturated heterocycles. The van der Waals surface area contributed by atoms with Gasteiger partial charge in [0.2, 0.25) is 5.91 Å². The number of aromatic nitrogens is 5. The number of hydrogen-bond acceptors (Lipinski definition) is 6. The van der Waals surface area contributed by atoms with Crippen molar-refractivity contribution in [2.75, 3.05) is 18.0 Å². The fourth-order valence-electron chi connectivity index (χ4n) is 3.09. The second kappa shape index (κ2) is 6.84. The molecule has 1 amide bonds. The Bertz CT molecular complexity index is 856. The van der Waals surface area contributed by atoms with E-state index in [-0.39, 0.29) is 11.8 Å². The first kappa shape index (κ1) is 15.5. The second-order valence-electron chi connectivity index (χ2n) is 6.17. The van der Waals surface area contributed by atoms with Crippen LogP contribution in [0.15, 0.2) is 43.0 Å². The van der Waals surface area contributed by atoms with Crippen molar-refractivity contribution in [1.82, 2.24) is 30.1 Å². The third-order valence-electron chi connectivity index (χ3n) is 4.53. The van der Waals surface area contributed by atoms with E-state index >= 15 is 0 Å². The number of hydrogen-bond donors (Lipinski definition) is 1. The maximum atomic E-state index is 12.4. The van der Waals surface area contributed by atoms with Crippen LogP contribution in [0.2, 0.25) is 0 Å². The minimum atomic E-state index is 0.0477. The number of carbonyl (C=O) groups is 1. The maximum absolute atomic E-state index is 12.4. The van der Waals surface area contributed by atoms with Gasteiger partial charge in [0.25, 0.3) is 0 Å². The Labute approximate surface area is 144 Å². The Hall–Kier alpha value is -3.03. The van der Waals surface area contributed by atoms with Gasteiger partial charge in [0.05, 0.1) is 0 Å². The highest BCUT2D eigenvalue weighted by Crippen LogP contribution is 2.22. The van der Waals surface area contributed by atoms with Gasteiger partial charge in [0.15, 0.2) is 5.65 Å². The van der Waals surface area contributed by atoms with Crippen LogP contribution < -0.4 is 10.2 Å². The minimum Gasteiger partial charge on any atom is -0.355 e. The quantitative estimate of drug-likeness (QED) is 0.766. The average Bonchev–Trinajstić information content (AvgIpc) is 3.15. The summed E-state index contributed by atoms with van der Waals surface area (Å²) in [6.07, 6.45) is 6.74. The predicted molar refractivity (Wildman–Crippen MR) is 91.8 cm³/mol. The lowest BCUT2D eigenvalue weighted by atomic mass is 9.96. The van der Waals surface area contributed by atoms with Gasteiger partial charge < -0.3 is 10.2 Å². The van der Waals surface area contributed by atoms with Crippen molar-refractivity contribution in [3.63, 3.8) is 0 Å². The number of anilines is 1. The number of nitrogens with one attached hydrogen (secondary N) is 1. The average molecular weight is 337 g/mol. The molecule has 0 unspecified atom stereocenters. The molecule has 0 saturated carbocycles. The van der Waals surface area contributed by atoms with Crippen LogP contribution in [0.3, 0.4) is 0 Å². The first-order valence-corrected chi connectivity index (χ1v) is 8.38. The van der Waals surface area contributed by atoms with Gasteiger partial charge in [-0.2, -0.15) is 4.52 Å². The largest absolute Gasteiger partial charge is 0.355 e. The van der Waals surface area contributed by atoms with Gasteiger partial charge in [-0.25, -0.2) is 0 Å². The van der Waals surface area contributed by atoms with Gasteiger partial charge in [-0.05, 0) is 36.6 Å². The van der Waals surface area contributed by atoms with Crippen molar-refractivity contribution in [2.24, 2.45) is 5.92 Å². The molecule has 0 aromatic carbocycles. The van der Waals surface area contributed by atoms with Crippen LogP contribution in [-0.2, 0) is 11.3 Å². The molecule has 3 aromatic rings. The summed E-state index contributed by atoms with van der Waals surface area (Å²) in [4.78, 5) is 18.6. The van der Waals surface area contributed by atoms with E-state index in [0.29, 0.717) is 6.54 Å². The summed E-state index contributed by atoms with van der Waals surface area (Å²) < 4.78 is 1.67. The van der Waals surface area contributed by atoms with Crippen molar-refractivity contribution in [3.8, 4) is 0 Å². The summed E-state index contributed by atoms with van der Waals surface area (Å²) in [5.74, 6) is 1.05. The Morgan fingerprint density at radius 3 is 2.92 bits per heavy atom. The number of pyridine rings is 1. The molecule has 128 valence electrons. The monoisotopic (exact) mass is 337 g/mol. The molecule has 1 aliphatic rings. The minimum absolute atomic E-state index is 0.0477. The van der Waals surface area contributed by atoms with E-state index < -0.39 is 0 Å². The zero-order valence-corrected chi connectivity index (χ0v) is 13.7. The van der Waals surface area contributed by atoms with Gasteiger partial charge in [0, 0.05) is 37.9 Å². The Morgan fingerprint density at radius 1 is 1.24 bits per heavy atom. The molecule has 1 N–H and O–H groups in total. The summed E-state index contributed by atoms with van der Waals surface area (Å²) in [6, 6.07) is 7.69. The number of piperidine rings is 1. The number of fused-ring (bicyclic) bond motifs is 1. The fourth-order valence-corrected chi connectivity index (χ4v) is 3.09. The molecule has 0 spiro atoms. The molecule has 1 fully saturated rings. The maximum Gasteiger partial charge on any atom is 0.223 e. The number of nitrogens with zero attached hydrogens (tertiary/aromatic N) is 6. The van der Waals surface area contributed by atoms with E-state index in [9.17, 15) is 4.79 Å². The molecule has 3 aromatic heterocycles. The summed E-state index contributed by atoms with van der Waals surface area (Å²) in [5.41, 5.74) is 1.74. The molecule has 4 rings (SSSR count). The lowest BCUT2D eigenvalue weighted by molar-refractivity contribution is -0.125. The van der Waals surface area contributed by atoms with E-state index in [2.05, 4.69) is 30.5 Å². The van der Waals surface area contributed by atoms with E-state index in [4.69, 9.17) is 0 Å². The van der Waals surface area contributed by atoms with Crippen LogP contribution in [0.4, 0.5) is 5.82 Å². The fraction of sp³-hybridized carbons (Fsp3) is 0.353. The molecule has 8 heteroatoms. The van der Waals surface area contributed by atoms with Gasteiger partial charge in [-0.3, -0.25) is 9.78 Å². The molecule has 0 aliphatic carbocycles. The molecular formula is C17H19N7O. The lowest BCUT2D eigenvalue weighted by Crippen LogP contribution is -2.40. The number of rotatable bonds is 4.